The van der Waals surface area contributed by atoms with Gasteiger partial charge in [-0.15, -0.1) is 0 Å². The summed E-state index contributed by atoms with van der Waals surface area (Å²) in [6, 6.07) is 9.79. The molecule has 0 fully saturated rings. The third-order valence-electron chi connectivity index (χ3n) is 1.31. The number of allylic oxidation sites excluding steroid dienone is 1. The first kappa shape index (κ1) is 9.96. The maximum atomic E-state index is 10.1. The van der Waals surface area contributed by atoms with E-state index in [-0.39, 0.29) is 15.0 Å². The molecule has 0 unspecified atom stereocenters. The van der Waals surface area contributed by atoms with Crippen molar-refractivity contribution in [1.29, 1.82) is 0 Å². The minimum atomic E-state index is -0.403. The summed E-state index contributed by atoms with van der Waals surface area (Å²) in [6.07, 6.45) is 1.08. The zero-order valence-electron chi connectivity index (χ0n) is 7.14. The molecule has 0 bridgehead atoms. The summed E-state index contributed by atoms with van der Waals surface area (Å²) in [5, 5.41) is 10.1. The van der Waals surface area contributed by atoms with Crippen molar-refractivity contribution in [2.75, 3.05) is 0 Å². The third kappa shape index (κ3) is 3.87. The molecule has 0 atom stereocenters. The van der Waals surface area contributed by atoms with Gasteiger partial charge in [0.15, 0.2) is 0 Å². The Hall–Kier alpha value is -1.12. The number of nitro groups is 1. The van der Waals surface area contributed by atoms with Crippen LogP contribution in [0.5, 0.6) is 0 Å². The van der Waals surface area contributed by atoms with E-state index in [2.05, 4.69) is 0 Å². The van der Waals surface area contributed by atoms with E-state index in [0.29, 0.717) is 0 Å². The molecule has 68 valence electrons. The molecule has 0 N–H and O–H groups in total. The van der Waals surface area contributed by atoms with Gasteiger partial charge in [0.2, 0.25) is 0 Å². The van der Waals surface area contributed by atoms with Gasteiger partial charge in [-0.3, -0.25) is 0 Å². The molecule has 0 saturated heterocycles. The second-order valence-corrected chi connectivity index (χ2v) is 5.21. The molecular formula is C9H9NO2Se. The van der Waals surface area contributed by atoms with E-state index in [1.54, 1.807) is 6.92 Å². The fourth-order valence-corrected chi connectivity index (χ4v) is 2.54. The minimum absolute atomic E-state index is 0.0777. The summed E-state index contributed by atoms with van der Waals surface area (Å²) in [5.41, 5.74) is 0. The zero-order valence-corrected chi connectivity index (χ0v) is 8.85. The van der Waals surface area contributed by atoms with Crippen LogP contribution in [0.1, 0.15) is 6.92 Å². The molecule has 1 rings (SSSR count). The summed E-state index contributed by atoms with van der Waals surface area (Å²) in [5.74, 6) is 0. The summed E-state index contributed by atoms with van der Waals surface area (Å²) >= 11 is 0.0777. The van der Waals surface area contributed by atoms with Gasteiger partial charge >= 0.3 is 82.4 Å². The monoisotopic (exact) mass is 243 g/mol. The summed E-state index contributed by atoms with van der Waals surface area (Å²) in [7, 11) is 0. The molecule has 1 aromatic carbocycles. The van der Waals surface area contributed by atoms with Gasteiger partial charge in [0.1, 0.15) is 0 Å². The number of hydrogen-bond donors (Lipinski definition) is 0. The van der Waals surface area contributed by atoms with Crippen LogP contribution in [0.4, 0.5) is 0 Å². The van der Waals surface area contributed by atoms with Crippen LogP contribution in [-0.2, 0) is 0 Å². The van der Waals surface area contributed by atoms with Crippen molar-refractivity contribution in [1.82, 2.24) is 0 Å². The van der Waals surface area contributed by atoms with Crippen LogP contribution in [0.25, 0.3) is 0 Å². The molecule has 0 aliphatic heterocycles. The van der Waals surface area contributed by atoms with Crippen molar-refractivity contribution in [2.45, 2.75) is 6.92 Å². The maximum absolute atomic E-state index is 10.1. The van der Waals surface area contributed by atoms with E-state index in [1.165, 1.54) is 0 Å². The van der Waals surface area contributed by atoms with Crippen LogP contribution < -0.4 is 4.46 Å². The third-order valence-corrected chi connectivity index (χ3v) is 3.27. The second kappa shape index (κ2) is 4.80. The van der Waals surface area contributed by atoms with Gasteiger partial charge < -0.3 is 0 Å². The Balaban J connectivity index is 2.65. The van der Waals surface area contributed by atoms with Crippen molar-refractivity contribution >= 4 is 19.4 Å². The Kier molecular flexibility index (Phi) is 3.68. The van der Waals surface area contributed by atoms with Crippen molar-refractivity contribution < 1.29 is 4.92 Å². The van der Waals surface area contributed by atoms with E-state index < -0.39 is 4.92 Å². The number of benzene rings is 1. The average molecular weight is 242 g/mol. The predicted molar refractivity (Wildman–Crippen MR) is 52.6 cm³/mol. The topological polar surface area (TPSA) is 43.1 Å². The van der Waals surface area contributed by atoms with Crippen LogP contribution in [0, 0.1) is 10.1 Å². The molecule has 0 amide bonds. The van der Waals surface area contributed by atoms with Crippen molar-refractivity contribution in [3.05, 3.63) is 51.1 Å². The molecule has 0 radical (unpaired) electrons. The van der Waals surface area contributed by atoms with Gasteiger partial charge in [-0.05, 0) is 0 Å². The number of nitrogens with zero attached hydrogens (tertiary/aromatic N) is 1. The zero-order chi connectivity index (χ0) is 9.68. The number of hydrogen-bond acceptors (Lipinski definition) is 2. The van der Waals surface area contributed by atoms with Crippen LogP contribution in [-0.4, -0.2) is 19.9 Å². The van der Waals surface area contributed by atoms with Gasteiger partial charge in [0.25, 0.3) is 0 Å². The van der Waals surface area contributed by atoms with Crippen molar-refractivity contribution in [3.63, 3.8) is 0 Å². The molecule has 13 heavy (non-hydrogen) atoms. The summed E-state index contributed by atoms with van der Waals surface area (Å²) < 4.78 is 1.98. The molecule has 0 aromatic heterocycles. The van der Waals surface area contributed by atoms with E-state index in [9.17, 15) is 10.1 Å². The molecule has 0 aliphatic rings. The first-order valence-electron chi connectivity index (χ1n) is 3.73. The van der Waals surface area contributed by atoms with Crippen LogP contribution in [0.3, 0.4) is 0 Å². The number of rotatable bonds is 3. The molecule has 0 aliphatic carbocycles. The fourth-order valence-electron chi connectivity index (χ4n) is 0.849. The average Bonchev–Trinajstić information content (AvgIpc) is 2.04. The van der Waals surface area contributed by atoms with E-state index in [0.717, 1.165) is 15.1 Å². The molecule has 1 aromatic rings. The standard InChI is InChI=1S/C9H9NO2Se/c1-8(7-10(11)12)13-9-5-3-2-4-6-9/h2-7H,1H3/b8-7+. The molecule has 4 heteroatoms. The van der Waals surface area contributed by atoms with Gasteiger partial charge in [-0.25, -0.2) is 0 Å². The van der Waals surface area contributed by atoms with Crippen molar-refractivity contribution in [3.8, 4) is 0 Å². The van der Waals surface area contributed by atoms with E-state index in [1.807, 2.05) is 30.3 Å². The molecule has 0 saturated carbocycles. The van der Waals surface area contributed by atoms with Gasteiger partial charge in [0, 0.05) is 0 Å². The SMILES string of the molecule is C/C(=C\[N+](=O)[O-])[Se]c1ccccc1. The Morgan fingerprint density at radius 1 is 1.46 bits per heavy atom. The molecule has 0 spiro atoms. The van der Waals surface area contributed by atoms with Gasteiger partial charge in [-0.2, -0.15) is 0 Å². The van der Waals surface area contributed by atoms with E-state index >= 15 is 0 Å². The predicted octanol–water partition coefficient (Wildman–Crippen LogP) is 1.15. The Morgan fingerprint density at radius 3 is 2.62 bits per heavy atom. The molecule has 0 heterocycles. The fraction of sp³-hybridized carbons (Fsp3) is 0.111. The summed E-state index contributed by atoms with van der Waals surface area (Å²) in [6.45, 7) is 1.79. The van der Waals surface area contributed by atoms with Crippen molar-refractivity contribution in [2.24, 2.45) is 0 Å². The van der Waals surface area contributed by atoms with Gasteiger partial charge in [-0.1, -0.05) is 0 Å². The van der Waals surface area contributed by atoms with Crippen LogP contribution in [0.15, 0.2) is 41.0 Å². The van der Waals surface area contributed by atoms with Crippen LogP contribution >= 0.6 is 0 Å². The van der Waals surface area contributed by atoms with E-state index in [4.69, 9.17) is 0 Å². The summed E-state index contributed by atoms with van der Waals surface area (Å²) in [4.78, 5) is 9.74. The molecular weight excluding hydrogens is 233 g/mol. The van der Waals surface area contributed by atoms with Crippen LogP contribution in [0.2, 0.25) is 0 Å². The second-order valence-electron chi connectivity index (χ2n) is 2.44. The quantitative estimate of drug-likeness (QED) is 0.453. The Bertz CT molecular complexity index is 322. The normalized spacial score (nSPS) is 11.3. The van der Waals surface area contributed by atoms with Gasteiger partial charge in [0.05, 0.1) is 0 Å². The molecule has 3 nitrogen and oxygen atoms in total. The Morgan fingerprint density at radius 2 is 2.08 bits per heavy atom. The first-order chi connectivity index (χ1) is 6.18. The Labute approximate surface area is 82.8 Å². The first-order valence-corrected chi connectivity index (χ1v) is 5.44.